The van der Waals surface area contributed by atoms with Gasteiger partial charge >= 0.3 is 0 Å². The molecule has 1 N–H and O–H groups in total. The van der Waals surface area contributed by atoms with E-state index in [1.807, 2.05) is 12.1 Å². The number of nitrogens with one attached hydrogen (secondary N) is 1. The minimum atomic E-state index is -0.833. The van der Waals surface area contributed by atoms with E-state index in [1.54, 1.807) is 0 Å². The molecule has 4 rings (SSSR count). The molecule has 2 aromatic carbocycles. The molecule has 124 valence electrons. The van der Waals surface area contributed by atoms with Crippen LogP contribution in [0.1, 0.15) is 40.4 Å². The van der Waals surface area contributed by atoms with E-state index in [0.717, 1.165) is 50.0 Å². The smallest absolute Gasteiger partial charge is 0.257 e. The van der Waals surface area contributed by atoms with Gasteiger partial charge in [-0.15, -0.1) is 0 Å². The van der Waals surface area contributed by atoms with Gasteiger partial charge < -0.3 is 10.2 Å². The van der Waals surface area contributed by atoms with Crippen molar-refractivity contribution in [3.63, 3.8) is 0 Å². The first kappa shape index (κ1) is 15.1. The number of halogens is 2. The Morgan fingerprint density at radius 3 is 2.62 bits per heavy atom. The van der Waals surface area contributed by atoms with Gasteiger partial charge in [0.15, 0.2) is 0 Å². The van der Waals surface area contributed by atoms with E-state index in [4.69, 9.17) is 0 Å². The number of nitrogens with zero attached hydrogens (tertiary/aromatic N) is 1. The molecule has 1 amide bonds. The zero-order chi connectivity index (χ0) is 16.7. The maximum Gasteiger partial charge on any atom is 0.257 e. The van der Waals surface area contributed by atoms with Gasteiger partial charge in [0.2, 0.25) is 0 Å². The predicted octanol–water partition coefficient (Wildman–Crippen LogP) is 3.59. The molecule has 0 saturated carbocycles. The molecule has 0 saturated heterocycles. The normalized spacial score (nSPS) is 18.9. The van der Waals surface area contributed by atoms with E-state index in [0.29, 0.717) is 0 Å². The van der Waals surface area contributed by atoms with Crippen molar-refractivity contribution in [2.24, 2.45) is 0 Å². The van der Waals surface area contributed by atoms with E-state index in [1.165, 1.54) is 17.3 Å². The summed E-state index contributed by atoms with van der Waals surface area (Å²) in [7, 11) is 0. The first-order valence-corrected chi connectivity index (χ1v) is 8.27. The summed E-state index contributed by atoms with van der Waals surface area (Å²) >= 11 is 0. The van der Waals surface area contributed by atoms with Crippen LogP contribution in [0.15, 0.2) is 36.4 Å². The molecule has 0 bridgehead atoms. The molecule has 0 fully saturated rings. The Morgan fingerprint density at radius 1 is 1.08 bits per heavy atom. The molecule has 2 aliphatic rings. The number of benzene rings is 2. The van der Waals surface area contributed by atoms with E-state index < -0.39 is 23.1 Å². The molecule has 0 radical (unpaired) electrons. The number of para-hydroxylation sites is 1. The molecule has 0 aromatic heterocycles. The molecule has 0 aliphatic carbocycles. The van der Waals surface area contributed by atoms with Crippen LogP contribution in [0.4, 0.5) is 14.5 Å². The van der Waals surface area contributed by atoms with Crippen LogP contribution >= 0.6 is 0 Å². The van der Waals surface area contributed by atoms with Crippen molar-refractivity contribution in [1.82, 2.24) is 5.32 Å². The predicted molar refractivity (Wildman–Crippen MR) is 88.2 cm³/mol. The molecule has 2 aromatic rings. The van der Waals surface area contributed by atoms with Crippen molar-refractivity contribution >= 4 is 11.6 Å². The fourth-order valence-electron chi connectivity index (χ4n) is 3.81. The van der Waals surface area contributed by atoms with Crippen LogP contribution in [-0.2, 0) is 6.42 Å². The number of rotatable bonds is 2. The molecule has 3 nitrogen and oxygen atoms in total. The second kappa shape index (κ2) is 5.89. The Morgan fingerprint density at radius 2 is 1.83 bits per heavy atom. The van der Waals surface area contributed by atoms with Crippen molar-refractivity contribution in [1.29, 1.82) is 0 Å². The number of amides is 1. The summed E-state index contributed by atoms with van der Waals surface area (Å²) in [6.45, 7) is 1.86. The molecule has 24 heavy (non-hydrogen) atoms. The van der Waals surface area contributed by atoms with Gasteiger partial charge in [-0.3, -0.25) is 4.79 Å². The lowest BCUT2D eigenvalue weighted by molar-refractivity contribution is 0.0925. The highest BCUT2D eigenvalue weighted by Gasteiger charge is 2.31. The molecule has 1 atom stereocenters. The van der Waals surface area contributed by atoms with Gasteiger partial charge in [0, 0.05) is 18.8 Å². The van der Waals surface area contributed by atoms with Crippen LogP contribution in [0, 0.1) is 11.6 Å². The van der Waals surface area contributed by atoms with Gasteiger partial charge in [0.05, 0.1) is 6.04 Å². The zero-order valence-corrected chi connectivity index (χ0v) is 13.2. The molecular formula is C19H18F2N2O. The maximum absolute atomic E-state index is 13.8. The van der Waals surface area contributed by atoms with Gasteiger partial charge in [-0.05, 0) is 42.5 Å². The van der Waals surface area contributed by atoms with Crippen LogP contribution in [-0.4, -0.2) is 19.0 Å². The van der Waals surface area contributed by atoms with Gasteiger partial charge in [-0.25, -0.2) is 8.78 Å². The average Bonchev–Trinajstić information content (AvgIpc) is 2.57. The summed E-state index contributed by atoms with van der Waals surface area (Å²) < 4.78 is 27.7. The van der Waals surface area contributed by atoms with Crippen LogP contribution in [0.2, 0.25) is 0 Å². The van der Waals surface area contributed by atoms with E-state index in [2.05, 4.69) is 16.3 Å². The number of anilines is 1. The van der Waals surface area contributed by atoms with Crippen molar-refractivity contribution in [2.45, 2.75) is 25.3 Å². The second-order valence-corrected chi connectivity index (χ2v) is 6.36. The Hall–Kier alpha value is -2.43. The van der Waals surface area contributed by atoms with Gasteiger partial charge in [0.25, 0.3) is 5.91 Å². The van der Waals surface area contributed by atoms with E-state index >= 15 is 0 Å². The average molecular weight is 328 g/mol. The van der Waals surface area contributed by atoms with Crippen molar-refractivity contribution < 1.29 is 13.6 Å². The topological polar surface area (TPSA) is 32.3 Å². The van der Waals surface area contributed by atoms with Crippen LogP contribution in [0.5, 0.6) is 0 Å². The number of carbonyl (C=O) groups excluding carboxylic acids is 1. The van der Waals surface area contributed by atoms with Crippen LogP contribution < -0.4 is 10.2 Å². The summed E-state index contributed by atoms with van der Waals surface area (Å²) in [4.78, 5) is 14.8. The molecule has 0 spiro atoms. The first-order valence-electron chi connectivity index (χ1n) is 8.27. The lowest BCUT2D eigenvalue weighted by Gasteiger charge is -2.40. The van der Waals surface area contributed by atoms with Crippen molar-refractivity contribution in [3.8, 4) is 0 Å². The third kappa shape index (κ3) is 2.44. The fourth-order valence-corrected chi connectivity index (χ4v) is 3.81. The molecular weight excluding hydrogens is 310 g/mol. The number of hydrogen-bond acceptors (Lipinski definition) is 2. The minimum Gasteiger partial charge on any atom is -0.371 e. The Balaban J connectivity index is 1.66. The highest BCUT2D eigenvalue weighted by molar-refractivity contribution is 5.95. The summed E-state index contributed by atoms with van der Waals surface area (Å²) in [6.07, 6.45) is 2.90. The summed E-state index contributed by atoms with van der Waals surface area (Å²) in [5.41, 5.74) is 3.01. The lowest BCUT2D eigenvalue weighted by Crippen LogP contribution is -2.41. The summed E-state index contributed by atoms with van der Waals surface area (Å²) in [5.74, 6) is -2.36. The van der Waals surface area contributed by atoms with Gasteiger partial charge in [-0.2, -0.15) is 0 Å². The third-order valence-corrected chi connectivity index (χ3v) is 4.90. The van der Waals surface area contributed by atoms with Gasteiger partial charge in [0.1, 0.15) is 17.2 Å². The summed E-state index contributed by atoms with van der Waals surface area (Å²) in [6, 6.07) is 9.35. The van der Waals surface area contributed by atoms with E-state index in [-0.39, 0.29) is 6.04 Å². The molecule has 2 heterocycles. The minimum absolute atomic E-state index is 0.221. The highest BCUT2D eigenvalue weighted by Crippen LogP contribution is 2.39. The van der Waals surface area contributed by atoms with E-state index in [9.17, 15) is 13.6 Å². The quantitative estimate of drug-likeness (QED) is 0.914. The number of hydrogen-bond donors (Lipinski definition) is 1. The monoisotopic (exact) mass is 328 g/mol. The number of carbonyl (C=O) groups is 1. The van der Waals surface area contributed by atoms with Crippen LogP contribution in [0.3, 0.4) is 0 Å². The Kier molecular flexibility index (Phi) is 3.71. The SMILES string of the molecule is O=C(NC1CCN2CCCc3cccc1c32)c1c(F)cccc1F. The second-order valence-electron chi connectivity index (χ2n) is 6.36. The standard InChI is InChI=1S/C19H18F2N2O/c20-14-7-2-8-15(21)17(14)19(24)22-16-9-11-23-10-3-5-12-4-1-6-13(16)18(12)23/h1-2,4,6-8,16H,3,5,9-11H2,(H,22,24). The lowest BCUT2D eigenvalue weighted by atomic mass is 9.89. The number of aryl methyl sites for hydroxylation is 1. The first-order chi connectivity index (χ1) is 11.6. The van der Waals surface area contributed by atoms with Crippen molar-refractivity contribution in [3.05, 3.63) is 64.7 Å². The highest BCUT2D eigenvalue weighted by atomic mass is 19.1. The third-order valence-electron chi connectivity index (χ3n) is 4.90. The largest absolute Gasteiger partial charge is 0.371 e. The maximum atomic E-state index is 13.8. The Bertz CT molecular complexity index is 786. The molecule has 1 unspecified atom stereocenters. The van der Waals surface area contributed by atoms with Gasteiger partial charge in [-0.1, -0.05) is 24.3 Å². The fraction of sp³-hybridized carbons (Fsp3) is 0.316. The van der Waals surface area contributed by atoms with Crippen LogP contribution in [0.25, 0.3) is 0 Å². The molecule has 2 aliphatic heterocycles. The zero-order valence-electron chi connectivity index (χ0n) is 13.2. The Labute approximate surface area is 139 Å². The molecule has 5 heteroatoms. The summed E-state index contributed by atoms with van der Waals surface area (Å²) in [5, 5.41) is 2.82. The van der Waals surface area contributed by atoms with Crippen molar-refractivity contribution in [2.75, 3.05) is 18.0 Å².